The highest BCUT2D eigenvalue weighted by atomic mass is 16.5. The van der Waals surface area contributed by atoms with Crippen molar-refractivity contribution >= 4 is 5.97 Å². The summed E-state index contributed by atoms with van der Waals surface area (Å²) in [5.41, 5.74) is -0.690. The minimum absolute atomic E-state index is 0.255. The molecule has 1 saturated carbocycles. The third-order valence-corrected chi connectivity index (χ3v) is 5.31. The van der Waals surface area contributed by atoms with Crippen molar-refractivity contribution in [2.75, 3.05) is 33.8 Å². The lowest BCUT2D eigenvalue weighted by Gasteiger charge is -2.35. The Morgan fingerprint density at radius 2 is 2.10 bits per heavy atom. The molecule has 0 aromatic carbocycles. The third-order valence-electron chi connectivity index (χ3n) is 5.31. The topological polar surface area (TPSA) is 61.8 Å². The molecular weight excluding hydrogens is 256 g/mol. The number of carbonyl (C=O) groups is 1. The largest absolute Gasteiger partial charge is 0.480 e. The Kier molecular flexibility index (Phi) is 5.41. The Balaban J connectivity index is 1.83. The summed E-state index contributed by atoms with van der Waals surface area (Å²) in [6, 6.07) is 0. The number of rotatable bonds is 6. The molecule has 0 bridgehead atoms. The second kappa shape index (κ2) is 6.87. The van der Waals surface area contributed by atoms with E-state index in [2.05, 4.69) is 10.2 Å². The van der Waals surface area contributed by atoms with Gasteiger partial charge >= 0.3 is 5.97 Å². The molecule has 0 aromatic rings. The van der Waals surface area contributed by atoms with Crippen molar-refractivity contribution in [2.24, 2.45) is 5.92 Å². The van der Waals surface area contributed by atoms with Gasteiger partial charge in [0.2, 0.25) is 0 Å². The molecule has 2 fully saturated rings. The predicted molar refractivity (Wildman–Crippen MR) is 77.9 cm³/mol. The number of carboxylic acid groups (broad SMARTS) is 1. The summed E-state index contributed by atoms with van der Waals surface area (Å²) in [6.45, 7) is 3.16. The van der Waals surface area contributed by atoms with E-state index in [4.69, 9.17) is 4.74 Å². The van der Waals surface area contributed by atoms with Gasteiger partial charge in [0.15, 0.2) is 0 Å². The number of aliphatic carboxylic acids is 1. The van der Waals surface area contributed by atoms with Crippen molar-refractivity contribution in [3.05, 3.63) is 0 Å². The normalized spacial score (nSPS) is 32.6. The first-order valence-corrected chi connectivity index (χ1v) is 7.80. The maximum Gasteiger partial charge on any atom is 0.324 e. The second-order valence-electron chi connectivity index (χ2n) is 6.18. The van der Waals surface area contributed by atoms with Crippen molar-refractivity contribution in [3.8, 4) is 0 Å². The number of likely N-dealkylation sites (tertiary alicyclic amines) is 1. The SMILES string of the molecule is CNC1(C(=O)O)CCCC1CCN1CCC(OC)CC1. The molecule has 0 aromatic heterocycles. The lowest BCUT2D eigenvalue weighted by molar-refractivity contribution is -0.146. The Hall–Kier alpha value is -0.650. The molecule has 1 aliphatic carbocycles. The van der Waals surface area contributed by atoms with Crippen LogP contribution in [0.2, 0.25) is 0 Å². The van der Waals surface area contributed by atoms with E-state index in [0.717, 1.165) is 58.2 Å². The van der Waals surface area contributed by atoms with E-state index in [9.17, 15) is 9.90 Å². The number of carboxylic acids is 1. The van der Waals surface area contributed by atoms with Crippen LogP contribution in [0.25, 0.3) is 0 Å². The van der Waals surface area contributed by atoms with Crippen molar-refractivity contribution < 1.29 is 14.6 Å². The van der Waals surface area contributed by atoms with Crippen LogP contribution < -0.4 is 5.32 Å². The number of likely N-dealkylation sites (N-methyl/N-ethyl adjacent to an activating group) is 1. The number of piperidine rings is 1. The highest BCUT2D eigenvalue weighted by molar-refractivity contribution is 5.79. The van der Waals surface area contributed by atoms with Gasteiger partial charge in [0.05, 0.1) is 6.10 Å². The molecule has 2 unspecified atom stereocenters. The summed E-state index contributed by atoms with van der Waals surface area (Å²) in [5.74, 6) is -0.425. The van der Waals surface area contributed by atoms with Crippen molar-refractivity contribution in [1.29, 1.82) is 0 Å². The second-order valence-corrected chi connectivity index (χ2v) is 6.18. The zero-order valence-corrected chi connectivity index (χ0v) is 12.7. The monoisotopic (exact) mass is 284 g/mol. The highest BCUT2D eigenvalue weighted by Gasteiger charge is 2.47. The van der Waals surface area contributed by atoms with Crippen LogP contribution >= 0.6 is 0 Å². The van der Waals surface area contributed by atoms with Crippen LogP contribution in [0.1, 0.15) is 38.5 Å². The zero-order chi connectivity index (χ0) is 14.6. The van der Waals surface area contributed by atoms with E-state index in [1.807, 2.05) is 0 Å². The van der Waals surface area contributed by atoms with Gasteiger partial charge in [-0.2, -0.15) is 0 Å². The molecule has 0 spiro atoms. The molecule has 2 aliphatic rings. The lowest BCUT2D eigenvalue weighted by atomic mass is 9.84. The molecule has 0 amide bonds. The Bertz CT molecular complexity index is 329. The van der Waals surface area contributed by atoms with Gasteiger partial charge in [0, 0.05) is 20.2 Å². The molecule has 1 heterocycles. The molecule has 1 saturated heterocycles. The molecular formula is C15H28N2O3. The summed E-state index contributed by atoms with van der Waals surface area (Å²) in [5, 5.41) is 12.6. The van der Waals surface area contributed by atoms with Crippen LogP contribution in [0.3, 0.4) is 0 Å². The van der Waals surface area contributed by atoms with E-state index in [-0.39, 0.29) is 5.92 Å². The number of hydrogen-bond acceptors (Lipinski definition) is 4. The maximum atomic E-state index is 11.6. The summed E-state index contributed by atoms with van der Waals surface area (Å²) < 4.78 is 5.38. The van der Waals surface area contributed by atoms with Crippen molar-refractivity contribution in [1.82, 2.24) is 10.2 Å². The van der Waals surface area contributed by atoms with Gasteiger partial charge < -0.3 is 20.1 Å². The summed E-state index contributed by atoms with van der Waals surface area (Å²) in [4.78, 5) is 14.1. The first kappa shape index (κ1) is 15.7. The Morgan fingerprint density at radius 3 is 2.65 bits per heavy atom. The van der Waals surface area contributed by atoms with Gasteiger partial charge in [-0.3, -0.25) is 4.79 Å². The third kappa shape index (κ3) is 3.15. The Morgan fingerprint density at radius 1 is 1.40 bits per heavy atom. The fraction of sp³-hybridized carbons (Fsp3) is 0.933. The van der Waals surface area contributed by atoms with Crippen LogP contribution in [0.15, 0.2) is 0 Å². The van der Waals surface area contributed by atoms with Gasteiger partial charge in [-0.05, 0) is 51.6 Å². The molecule has 5 nitrogen and oxygen atoms in total. The van der Waals surface area contributed by atoms with Gasteiger partial charge in [0.25, 0.3) is 0 Å². The van der Waals surface area contributed by atoms with E-state index < -0.39 is 11.5 Å². The summed E-state index contributed by atoms with van der Waals surface area (Å²) in [7, 11) is 3.57. The lowest BCUT2D eigenvalue weighted by Crippen LogP contribution is -2.53. The van der Waals surface area contributed by atoms with E-state index in [1.165, 1.54) is 0 Å². The van der Waals surface area contributed by atoms with Crippen LogP contribution in [0.5, 0.6) is 0 Å². The smallest absolute Gasteiger partial charge is 0.324 e. The van der Waals surface area contributed by atoms with Crippen molar-refractivity contribution in [2.45, 2.75) is 50.2 Å². The van der Waals surface area contributed by atoms with Crippen LogP contribution in [0, 0.1) is 5.92 Å². The van der Waals surface area contributed by atoms with E-state index in [0.29, 0.717) is 6.10 Å². The number of ether oxygens (including phenoxy) is 1. The average molecular weight is 284 g/mol. The number of nitrogens with zero attached hydrogens (tertiary/aromatic N) is 1. The Labute approximate surface area is 121 Å². The fourth-order valence-corrected chi connectivity index (χ4v) is 3.89. The summed E-state index contributed by atoms with van der Waals surface area (Å²) >= 11 is 0. The van der Waals surface area contributed by atoms with Crippen molar-refractivity contribution in [3.63, 3.8) is 0 Å². The van der Waals surface area contributed by atoms with Gasteiger partial charge in [-0.1, -0.05) is 6.42 Å². The molecule has 2 N–H and O–H groups in total. The minimum Gasteiger partial charge on any atom is -0.480 e. The summed E-state index contributed by atoms with van der Waals surface area (Å²) in [6.07, 6.45) is 6.38. The standard InChI is InChI=1S/C15H28N2O3/c1-16-15(14(18)19)8-3-4-12(15)5-9-17-10-6-13(20-2)7-11-17/h12-13,16H,3-11H2,1-2H3,(H,18,19). The van der Waals surface area contributed by atoms with Gasteiger partial charge in [0.1, 0.15) is 5.54 Å². The van der Waals surface area contributed by atoms with Crippen LogP contribution in [0.4, 0.5) is 0 Å². The number of nitrogens with one attached hydrogen (secondary N) is 1. The van der Waals surface area contributed by atoms with Crippen LogP contribution in [-0.4, -0.2) is 61.4 Å². The average Bonchev–Trinajstić information content (AvgIpc) is 2.90. The predicted octanol–water partition coefficient (Wildman–Crippen LogP) is 1.33. The molecule has 0 radical (unpaired) electrons. The number of methoxy groups -OCH3 is 1. The molecule has 5 heteroatoms. The maximum absolute atomic E-state index is 11.6. The zero-order valence-electron chi connectivity index (χ0n) is 12.7. The molecule has 20 heavy (non-hydrogen) atoms. The minimum atomic E-state index is -0.690. The van der Waals surface area contributed by atoms with Gasteiger partial charge in [-0.25, -0.2) is 0 Å². The first-order valence-electron chi connectivity index (χ1n) is 7.80. The van der Waals surface area contributed by atoms with E-state index >= 15 is 0 Å². The molecule has 116 valence electrons. The molecule has 2 atom stereocenters. The molecule has 1 aliphatic heterocycles. The van der Waals surface area contributed by atoms with E-state index in [1.54, 1.807) is 14.2 Å². The molecule has 2 rings (SSSR count). The van der Waals surface area contributed by atoms with Crippen LogP contribution in [-0.2, 0) is 9.53 Å². The fourth-order valence-electron chi connectivity index (χ4n) is 3.89. The quantitative estimate of drug-likeness (QED) is 0.770. The number of hydrogen-bond donors (Lipinski definition) is 2. The van der Waals surface area contributed by atoms with Gasteiger partial charge in [-0.15, -0.1) is 0 Å². The highest BCUT2D eigenvalue weighted by Crippen LogP contribution is 2.38. The first-order chi connectivity index (χ1) is 9.62.